The van der Waals surface area contributed by atoms with E-state index in [1.165, 1.54) is 10.4 Å². The maximum Gasteiger partial charge on any atom is 0.0925 e. The van der Waals surface area contributed by atoms with Crippen molar-refractivity contribution in [3.63, 3.8) is 0 Å². The lowest BCUT2D eigenvalue weighted by atomic mass is 9.97. The molecule has 1 heterocycles. The third kappa shape index (κ3) is 2.86. The van der Waals surface area contributed by atoms with Gasteiger partial charge in [-0.2, -0.15) is 4.37 Å². The summed E-state index contributed by atoms with van der Waals surface area (Å²) in [7, 11) is 0. The lowest BCUT2D eigenvalue weighted by molar-refractivity contribution is 1.51. The van der Waals surface area contributed by atoms with Gasteiger partial charge in [0.1, 0.15) is 0 Å². The average Bonchev–Trinajstić information content (AvgIpc) is 3.09. The van der Waals surface area contributed by atoms with E-state index in [1.807, 2.05) is 36.4 Å². The quantitative estimate of drug-likeness (QED) is 0.397. The van der Waals surface area contributed by atoms with Crippen molar-refractivity contribution >= 4 is 23.1 Å². The zero-order chi connectivity index (χ0) is 16.4. The molecule has 3 aromatic carbocycles. The van der Waals surface area contributed by atoms with E-state index in [9.17, 15) is 0 Å². The van der Waals surface area contributed by atoms with E-state index in [4.69, 9.17) is 16.0 Å². The Labute approximate surface area is 150 Å². The molecule has 0 saturated heterocycles. The molecule has 0 aliphatic carbocycles. The smallest absolute Gasteiger partial charge is 0.0925 e. The molecular formula is C21H14ClNS. The van der Waals surface area contributed by atoms with Gasteiger partial charge in [-0.15, -0.1) is 0 Å². The molecule has 0 spiro atoms. The van der Waals surface area contributed by atoms with Crippen LogP contribution >= 0.6 is 23.1 Å². The maximum absolute atomic E-state index is 6.07. The highest BCUT2D eigenvalue weighted by molar-refractivity contribution is 7.10. The van der Waals surface area contributed by atoms with Gasteiger partial charge in [0.2, 0.25) is 0 Å². The summed E-state index contributed by atoms with van der Waals surface area (Å²) >= 11 is 7.61. The molecule has 0 fully saturated rings. The van der Waals surface area contributed by atoms with Crippen molar-refractivity contribution in [1.29, 1.82) is 0 Å². The molecule has 4 rings (SSSR count). The number of rotatable bonds is 3. The predicted octanol–water partition coefficient (Wildman–Crippen LogP) is 6.80. The van der Waals surface area contributed by atoms with Crippen LogP contribution in [0, 0.1) is 0 Å². The lowest BCUT2D eigenvalue weighted by Crippen LogP contribution is -1.84. The summed E-state index contributed by atoms with van der Waals surface area (Å²) in [6, 6.07) is 28.7. The summed E-state index contributed by atoms with van der Waals surface area (Å²) in [6.45, 7) is 0. The van der Waals surface area contributed by atoms with Crippen LogP contribution in [-0.2, 0) is 0 Å². The predicted molar refractivity (Wildman–Crippen MR) is 103 cm³/mol. The Bertz CT molecular complexity index is 887. The normalized spacial score (nSPS) is 10.7. The Morgan fingerprint density at radius 1 is 0.625 bits per heavy atom. The van der Waals surface area contributed by atoms with Crippen LogP contribution in [0.2, 0.25) is 5.02 Å². The summed E-state index contributed by atoms with van der Waals surface area (Å²) in [4.78, 5) is 1.18. The van der Waals surface area contributed by atoms with Crippen molar-refractivity contribution in [1.82, 2.24) is 4.37 Å². The minimum absolute atomic E-state index is 0.740. The van der Waals surface area contributed by atoms with Crippen LogP contribution in [0.15, 0.2) is 84.9 Å². The van der Waals surface area contributed by atoms with Crippen LogP contribution in [0.5, 0.6) is 0 Å². The molecule has 1 nitrogen and oxygen atoms in total. The fourth-order valence-electron chi connectivity index (χ4n) is 2.75. The third-order valence-electron chi connectivity index (χ3n) is 3.91. The molecule has 0 aliphatic rings. The first-order chi connectivity index (χ1) is 11.8. The molecule has 3 heteroatoms. The van der Waals surface area contributed by atoms with Crippen LogP contribution in [0.1, 0.15) is 0 Å². The van der Waals surface area contributed by atoms with E-state index >= 15 is 0 Å². The van der Waals surface area contributed by atoms with Gasteiger partial charge in [0.15, 0.2) is 0 Å². The average molecular weight is 348 g/mol. The largest absolute Gasteiger partial charge is 0.191 e. The van der Waals surface area contributed by atoms with E-state index in [0.29, 0.717) is 0 Å². The topological polar surface area (TPSA) is 12.9 Å². The van der Waals surface area contributed by atoms with E-state index in [0.717, 1.165) is 27.4 Å². The molecule has 0 aliphatic heterocycles. The van der Waals surface area contributed by atoms with Gasteiger partial charge in [0.05, 0.1) is 10.6 Å². The Hall–Kier alpha value is -2.42. The molecule has 1 aromatic heterocycles. The van der Waals surface area contributed by atoms with Gasteiger partial charge >= 0.3 is 0 Å². The Morgan fingerprint density at radius 3 is 1.83 bits per heavy atom. The van der Waals surface area contributed by atoms with Crippen molar-refractivity contribution in [3.8, 4) is 32.8 Å². The molecule has 0 unspecified atom stereocenters. The molecule has 0 saturated carbocycles. The first-order valence-corrected chi connectivity index (χ1v) is 8.84. The van der Waals surface area contributed by atoms with E-state index in [1.54, 1.807) is 11.5 Å². The number of hydrogen-bond donors (Lipinski definition) is 0. The van der Waals surface area contributed by atoms with Crippen LogP contribution < -0.4 is 0 Å². The summed E-state index contributed by atoms with van der Waals surface area (Å²) in [5.41, 5.74) is 5.62. The highest BCUT2D eigenvalue weighted by Crippen LogP contribution is 2.42. The van der Waals surface area contributed by atoms with Crippen molar-refractivity contribution in [2.75, 3.05) is 0 Å². The molecular weight excluding hydrogens is 334 g/mol. The fraction of sp³-hybridized carbons (Fsp3) is 0. The lowest BCUT2D eigenvalue weighted by Gasteiger charge is -2.07. The van der Waals surface area contributed by atoms with Gasteiger partial charge in [0.25, 0.3) is 0 Å². The molecule has 0 N–H and O–H groups in total. The van der Waals surface area contributed by atoms with E-state index in [-0.39, 0.29) is 0 Å². The van der Waals surface area contributed by atoms with Crippen LogP contribution in [0.25, 0.3) is 32.8 Å². The number of nitrogens with zero attached hydrogens (tertiary/aromatic N) is 1. The van der Waals surface area contributed by atoms with Gasteiger partial charge in [-0.3, -0.25) is 0 Å². The molecule has 116 valence electrons. The summed E-state index contributed by atoms with van der Waals surface area (Å²) < 4.78 is 4.77. The summed E-state index contributed by atoms with van der Waals surface area (Å²) in [5, 5.41) is 0.740. The highest BCUT2D eigenvalue weighted by Gasteiger charge is 2.18. The fourth-order valence-corrected chi connectivity index (χ4v) is 3.81. The van der Waals surface area contributed by atoms with Crippen molar-refractivity contribution in [2.24, 2.45) is 0 Å². The van der Waals surface area contributed by atoms with Crippen LogP contribution in [-0.4, -0.2) is 4.37 Å². The number of aromatic nitrogens is 1. The number of halogens is 1. The Morgan fingerprint density at radius 2 is 1.21 bits per heavy atom. The zero-order valence-corrected chi connectivity index (χ0v) is 14.4. The van der Waals surface area contributed by atoms with Crippen molar-refractivity contribution in [3.05, 3.63) is 90.0 Å². The second-order valence-corrected chi connectivity index (χ2v) is 6.68. The number of benzene rings is 3. The minimum atomic E-state index is 0.740. The number of hydrogen-bond acceptors (Lipinski definition) is 2. The molecule has 0 bridgehead atoms. The molecule has 24 heavy (non-hydrogen) atoms. The zero-order valence-electron chi connectivity index (χ0n) is 12.8. The van der Waals surface area contributed by atoms with Gasteiger partial charge in [-0.1, -0.05) is 84.4 Å². The third-order valence-corrected chi connectivity index (χ3v) is 5.06. The monoisotopic (exact) mass is 347 g/mol. The van der Waals surface area contributed by atoms with Gasteiger partial charge in [-0.05, 0) is 34.8 Å². The van der Waals surface area contributed by atoms with Crippen LogP contribution in [0.3, 0.4) is 0 Å². The minimum Gasteiger partial charge on any atom is -0.191 e. The van der Waals surface area contributed by atoms with Crippen LogP contribution in [0.4, 0.5) is 0 Å². The van der Waals surface area contributed by atoms with Gasteiger partial charge in [-0.25, -0.2) is 0 Å². The highest BCUT2D eigenvalue weighted by atomic mass is 35.5. The van der Waals surface area contributed by atoms with Crippen molar-refractivity contribution in [2.45, 2.75) is 0 Å². The summed E-state index contributed by atoms with van der Waals surface area (Å²) in [6.07, 6.45) is 0. The molecule has 0 atom stereocenters. The Kier molecular flexibility index (Phi) is 4.16. The Balaban J connectivity index is 1.96. The second-order valence-electron chi connectivity index (χ2n) is 5.47. The molecule has 0 radical (unpaired) electrons. The first kappa shape index (κ1) is 15.1. The second kappa shape index (κ2) is 6.60. The maximum atomic E-state index is 6.07. The van der Waals surface area contributed by atoms with Crippen molar-refractivity contribution < 1.29 is 0 Å². The first-order valence-electron chi connectivity index (χ1n) is 7.69. The van der Waals surface area contributed by atoms with Gasteiger partial charge < -0.3 is 0 Å². The van der Waals surface area contributed by atoms with E-state index < -0.39 is 0 Å². The molecule has 4 aromatic rings. The van der Waals surface area contributed by atoms with Gasteiger partial charge in [0, 0.05) is 16.1 Å². The summed E-state index contributed by atoms with van der Waals surface area (Å²) in [5.74, 6) is 0. The van der Waals surface area contributed by atoms with E-state index in [2.05, 4.69) is 48.5 Å². The SMILES string of the molecule is Clc1ccc(-c2c(-c3ccccc3)nsc2-c2ccccc2)cc1. The standard InChI is InChI=1S/C21H14ClNS/c22-18-13-11-15(12-14-18)19-20(16-7-3-1-4-8-16)23-24-21(19)17-9-5-2-6-10-17/h1-14H. The molecule has 0 amide bonds.